The lowest BCUT2D eigenvalue weighted by molar-refractivity contribution is -0.123. The third-order valence-corrected chi connectivity index (χ3v) is 6.63. The topological polar surface area (TPSA) is 58.6 Å². The van der Waals surface area contributed by atoms with Gasteiger partial charge in [0.2, 0.25) is 0 Å². The second-order valence-electron chi connectivity index (χ2n) is 7.31. The number of carbonyl (C=O) groups is 2. The van der Waals surface area contributed by atoms with E-state index in [2.05, 4.69) is 21.4 Å². The zero-order chi connectivity index (χ0) is 23.4. The molecule has 1 N–H and O–H groups in total. The molecule has 1 fully saturated rings. The summed E-state index contributed by atoms with van der Waals surface area (Å²) in [6.07, 6.45) is 1.74. The van der Waals surface area contributed by atoms with Gasteiger partial charge in [0.25, 0.3) is 11.8 Å². The van der Waals surface area contributed by atoms with Crippen LogP contribution in [0, 0.1) is 6.92 Å². The molecular formula is C25H19BrN2O3S2. The van der Waals surface area contributed by atoms with Gasteiger partial charge in [0.1, 0.15) is 12.4 Å². The maximum atomic E-state index is 12.9. The Morgan fingerprint density at radius 2 is 1.85 bits per heavy atom. The van der Waals surface area contributed by atoms with Gasteiger partial charge in [-0.2, -0.15) is 5.01 Å². The summed E-state index contributed by atoms with van der Waals surface area (Å²) in [7, 11) is 0. The fourth-order valence-corrected chi connectivity index (χ4v) is 4.47. The molecule has 5 nitrogen and oxygen atoms in total. The van der Waals surface area contributed by atoms with Crippen LogP contribution < -0.4 is 10.2 Å². The molecule has 33 heavy (non-hydrogen) atoms. The van der Waals surface area contributed by atoms with E-state index >= 15 is 0 Å². The van der Waals surface area contributed by atoms with Crippen LogP contribution in [-0.2, 0) is 11.4 Å². The monoisotopic (exact) mass is 538 g/mol. The van der Waals surface area contributed by atoms with Crippen molar-refractivity contribution < 1.29 is 14.3 Å². The molecule has 0 radical (unpaired) electrons. The van der Waals surface area contributed by atoms with Gasteiger partial charge < -0.3 is 4.74 Å². The van der Waals surface area contributed by atoms with Crippen molar-refractivity contribution in [2.24, 2.45) is 0 Å². The Balaban J connectivity index is 1.43. The van der Waals surface area contributed by atoms with Crippen molar-refractivity contribution in [3.8, 4) is 5.75 Å². The molecule has 4 rings (SSSR count). The van der Waals surface area contributed by atoms with E-state index in [1.54, 1.807) is 30.3 Å². The summed E-state index contributed by atoms with van der Waals surface area (Å²) in [6, 6.07) is 22.5. The maximum Gasteiger partial charge on any atom is 0.285 e. The molecule has 0 saturated carbocycles. The normalized spacial score (nSPS) is 14.6. The summed E-state index contributed by atoms with van der Waals surface area (Å²) in [6.45, 7) is 2.50. The number of rotatable bonds is 6. The smallest absolute Gasteiger partial charge is 0.285 e. The molecule has 166 valence electrons. The van der Waals surface area contributed by atoms with Crippen molar-refractivity contribution in [2.75, 3.05) is 0 Å². The number of hydrogen-bond donors (Lipinski definition) is 1. The number of amides is 2. The Labute approximate surface area is 209 Å². The van der Waals surface area contributed by atoms with Gasteiger partial charge in [0, 0.05) is 10.0 Å². The highest BCUT2D eigenvalue weighted by Gasteiger charge is 2.33. The van der Waals surface area contributed by atoms with Crippen molar-refractivity contribution in [2.45, 2.75) is 13.5 Å². The van der Waals surface area contributed by atoms with Crippen LogP contribution >= 0.6 is 39.9 Å². The molecule has 0 bridgehead atoms. The zero-order valence-electron chi connectivity index (χ0n) is 17.6. The molecule has 1 saturated heterocycles. The van der Waals surface area contributed by atoms with Crippen LogP contribution in [0.15, 0.2) is 82.2 Å². The van der Waals surface area contributed by atoms with Crippen molar-refractivity contribution in [3.05, 3.63) is 104 Å². The quantitative estimate of drug-likeness (QED) is 0.313. The first-order valence-corrected chi connectivity index (χ1v) is 12.0. The van der Waals surface area contributed by atoms with Gasteiger partial charge in [0.15, 0.2) is 4.32 Å². The van der Waals surface area contributed by atoms with E-state index in [1.807, 2.05) is 55.5 Å². The van der Waals surface area contributed by atoms with Crippen LogP contribution in [0.3, 0.4) is 0 Å². The predicted molar refractivity (Wildman–Crippen MR) is 139 cm³/mol. The minimum atomic E-state index is -0.411. The second kappa shape index (κ2) is 10.3. The van der Waals surface area contributed by atoms with Gasteiger partial charge in [-0.25, -0.2) is 0 Å². The maximum absolute atomic E-state index is 12.9. The van der Waals surface area contributed by atoms with Crippen molar-refractivity contribution >= 4 is 62.1 Å². The van der Waals surface area contributed by atoms with E-state index in [0.29, 0.717) is 22.8 Å². The van der Waals surface area contributed by atoms with Crippen molar-refractivity contribution in [3.63, 3.8) is 0 Å². The van der Waals surface area contributed by atoms with Crippen LogP contribution in [0.5, 0.6) is 5.75 Å². The van der Waals surface area contributed by atoms with Crippen LogP contribution in [0.4, 0.5) is 0 Å². The lowest BCUT2D eigenvalue weighted by Gasteiger charge is -2.15. The third-order valence-electron chi connectivity index (χ3n) is 4.80. The second-order valence-corrected chi connectivity index (χ2v) is 9.90. The van der Waals surface area contributed by atoms with Crippen molar-refractivity contribution in [1.29, 1.82) is 0 Å². The van der Waals surface area contributed by atoms with E-state index < -0.39 is 5.91 Å². The molecule has 0 spiro atoms. The number of thiocarbonyl (C=S) groups is 1. The van der Waals surface area contributed by atoms with Gasteiger partial charge in [-0.15, -0.1) is 0 Å². The number of halogens is 1. The van der Waals surface area contributed by atoms with Gasteiger partial charge >= 0.3 is 0 Å². The Morgan fingerprint density at radius 1 is 1.12 bits per heavy atom. The number of carbonyl (C=O) groups excluding carboxylic acids is 2. The minimum Gasteiger partial charge on any atom is -0.489 e. The summed E-state index contributed by atoms with van der Waals surface area (Å²) in [5.74, 6) is -0.0867. The number of ether oxygens (including phenoxy) is 1. The molecule has 1 heterocycles. The lowest BCUT2D eigenvalue weighted by atomic mass is 10.1. The lowest BCUT2D eigenvalue weighted by Crippen LogP contribution is -2.44. The Hall–Kier alpha value is -2.94. The fourth-order valence-electron chi connectivity index (χ4n) is 3.03. The van der Waals surface area contributed by atoms with Crippen LogP contribution in [0.25, 0.3) is 6.08 Å². The summed E-state index contributed by atoms with van der Waals surface area (Å²) < 4.78 is 7.02. The van der Waals surface area contributed by atoms with E-state index in [9.17, 15) is 9.59 Å². The summed E-state index contributed by atoms with van der Waals surface area (Å²) in [5.41, 5.74) is 6.09. The van der Waals surface area contributed by atoms with Gasteiger partial charge in [-0.05, 0) is 72.7 Å². The first kappa shape index (κ1) is 23.2. The van der Waals surface area contributed by atoms with Gasteiger partial charge in [-0.3, -0.25) is 15.0 Å². The van der Waals surface area contributed by atoms with Crippen LogP contribution in [-0.4, -0.2) is 21.1 Å². The molecular weight excluding hydrogens is 520 g/mol. The number of hydrazine groups is 1. The highest BCUT2D eigenvalue weighted by molar-refractivity contribution is 9.10. The highest BCUT2D eigenvalue weighted by atomic mass is 79.9. The SMILES string of the molecule is Cc1ccc(COc2cccc(/C=C3/SC(=S)N(NC(=O)c4ccc(Br)cc4)C3=O)c2)cc1. The van der Waals surface area contributed by atoms with Crippen LogP contribution in [0.2, 0.25) is 0 Å². The predicted octanol–water partition coefficient (Wildman–Crippen LogP) is 5.88. The molecule has 1 aliphatic heterocycles. The molecule has 1 aliphatic rings. The zero-order valence-corrected chi connectivity index (χ0v) is 20.8. The van der Waals surface area contributed by atoms with Crippen molar-refractivity contribution in [1.82, 2.24) is 10.4 Å². The summed E-state index contributed by atoms with van der Waals surface area (Å²) in [5, 5.41) is 1.11. The fraction of sp³-hybridized carbons (Fsp3) is 0.0800. The average molecular weight is 539 g/mol. The molecule has 2 amide bonds. The molecule has 0 aromatic heterocycles. The number of thioether (sulfide) groups is 1. The van der Waals surface area contributed by atoms with E-state index in [4.69, 9.17) is 17.0 Å². The molecule has 0 aliphatic carbocycles. The third kappa shape index (κ3) is 5.90. The first-order valence-electron chi connectivity index (χ1n) is 10.0. The Morgan fingerprint density at radius 3 is 2.58 bits per heavy atom. The minimum absolute atomic E-state index is 0.267. The largest absolute Gasteiger partial charge is 0.489 e. The number of nitrogens with zero attached hydrogens (tertiary/aromatic N) is 1. The molecule has 3 aromatic rings. The molecule has 8 heteroatoms. The standard InChI is InChI=1S/C25H19BrN2O3S2/c1-16-5-7-17(8-6-16)15-31-21-4-2-3-18(13-21)14-22-24(30)28(25(32)33-22)27-23(29)19-9-11-20(26)12-10-19/h2-14H,15H2,1H3,(H,27,29)/b22-14+. The van der Waals surface area contributed by atoms with Gasteiger partial charge in [0.05, 0.1) is 4.91 Å². The number of hydrogen-bond acceptors (Lipinski definition) is 5. The molecule has 0 unspecified atom stereocenters. The Bertz CT molecular complexity index is 1240. The summed E-state index contributed by atoms with van der Waals surface area (Å²) in [4.78, 5) is 25.8. The average Bonchev–Trinajstić information content (AvgIpc) is 3.06. The number of benzene rings is 3. The number of nitrogens with one attached hydrogen (secondary N) is 1. The van der Waals surface area contributed by atoms with E-state index in [-0.39, 0.29) is 10.2 Å². The van der Waals surface area contributed by atoms with Gasteiger partial charge in [-0.1, -0.05) is 69.7 Å². The van der Waals surface area contributed by atoms with Crippen LogP contribution in [0.1, 0.15) is 27.0 Å². The summed E-state index contributed by atoms with van der Waals surface area (Å²) >= 11 is 9.78. The number of aryl methyl sites for hydroxylation is 1. The Kier molecular flexibility index (Phi) is 7.27. The highest BCUT2D eigenvalue weighted by Crippen LogP contribution is 2.32. The van der Waals surface area contributed by atoms with E-state index in [0.717, 1.165) is 32.4 Å². The van der Waals surface area contributed by atoms with E-state index in [1.165, 1.54) is 5.56 Å². The first-order chi connectivity index (χ1) is 15.9. The molecule has 3 aromatic carbocycles. The molecule has 0 atom stereocenters.